The minimum atomic E-state index is -0.599. The second-order valence-corrected chi connectivity index (χ2v) is 5.14. The fourth-order valence-corrected chi connectivity index (χ4v) is 2.56. The molecule has 2 heterocycles. The highest BCUT2D eigenvalue weighted by molar-refractivity contribution is 5.96. The van der Waals surface area contributed by atoms with Crippen LogP contribution in [0.2, 0.25) is 0 Å². The molecule has 0 aliphatic rings. The molecule has 120 valence electrons. The minimum absolute atomic E-state index is 0.105. The lowest BCUT2D eigenvalue weighted by atomic mass is 10.2. The van der Waals surface area contributed by atoms with E-state index in [1.807, 2.05) is 48.0 Å². The lowest BCUT2D eigenvalue weighted by Gasteiger charge is -2.11. The summed E-state index contributed by atoms with van der Waals surface area (Å²) in [5, 5.41) is 9.19. The Morgan fingerprint density at radius 1 is 1.33 bits per heavy atom. The number of aromatic nitrogens is 3. The van der Waals surface area contributed by atoms with Crippen LogP contribution in [-0.4, -0.2) is 27.2 Å². The van der Waals surface area contributed by atoms with Gasteiger partial charge in [-0.05, 0) is 25.1 Å². The number of aryl methyl sites for hydroxylation is 1. The van der Waals surface area contributed by atoms with Gasteiger partial charge >= 0.3 is 5.97 Å². The largest absolute Gasteiger partial charge is 0.464 e. The van der Waals surface area contributed by atoms with Crippen molar-refractivity contribution in [1.29, 1.82) is 5.26 Å². The number of hydrogen-bond acceptors (Lipinski definition) is 5. The predicted octanol–water partition coefficient (Wildman–Crippen LogP) is 2.21. The van der Waals surface area contributed by atoms with E-state index in [0.29, 0.717) is 5.69 Å². The van der Waals surface area contributed by atoms with Crippen molar-refractivity contribution >= 4 is 11.7 Å². The third kappa shape index (κ3) is 2.40. The number of nitrogens with zero attached hydrogens (tertiary/aromatic N) is 4. The first kappa shape index (κ1) is 15.4. The Balaban J connectivity index is 2.19. The van der Waals surface area contributed by atoms with Crippen LogP contribution in [0.1, 0.15) is 21.9 Å². The van der Waals surface area contributed by atoms with Crippen molar-refractivity contribution in [2.45, 2.75) is 6.92 Å². The molecule has 0 fully saturated rings. The third-order valence-corrected chi connectivity index (χ3v) is 3.76. The van der Waals surface area contributed by atoms with Crippen molar-refractivity contribution in [3.05, 3.63) is 59.9 Å². The molecular formula is C17H15N5O2. The molecule has 0 saturated heterocycles. The van der Waals surface area contributed by atoms with Gasteiger partial charge in [0.25, 0.3) is 0 Å². The van der Waals surface area contributed by atoms with Gasteiger partial charge in [0.1, 0.15) is 11.9 Å². The number of carbonyl (C=O) groups is 1. The molecule has 0 aliphatic carbocycles. The predicted molar refractivity (Wildman–Crippen MR) is 88.1 cm³/mol. The Morgan fingerprint density at radius 2 is 2.04 bits per heavy atom. The zero-order valence-corrected chi connectivity index (χ0v) is 13.2. The molecule has 0 radical (unpaired) electrons. The molecule has 7 heteroatoms. The Bertz CT molecular complexity index is 962. The van der Waals surface area contributed by atoms with Crippen molar-refractivity contribution < 1.29 is 9.53 Å². The first-order chi connectivity index (χ1) is 11.6. The summed E-state index contributed by atoms with van der Waals surface area (Å²) in [6.07, 6.45) is 5.09. The second kappa shape index (κ2) is 5.93. The number of nitrogens with two attached hydrogens (primary N) is 1. The maximum absolute atomic E-state index is 12.1. The molecule has 0 unspecified atom stereocenters. The molecule has 3 rings (SSSR count). The lowest BCUT2D eigenvalue weighted by molar-refractivity contribution is 0.0593. The highest BCUT2D eigenvalue weighted by atomic mass is 16.5. The molecule has 2 aromatic heterocycles. The highest BCUT2D eigenvalue weighted by Gasteiger charge is 2.21. The van der Waals surface area contributed by atoms with Crippen LogP contribution in [0, 0.1) is 18.3 Å². The van der Waals surface area contributed by atoms with Gasteiger partial charge in [0.05, 0.1) is 18.4 Å². The Morgan fingerprint density at radius 3 is 2.62 bits per heavy atom. The van der Waals surface area contributed by atoms with Crippen LogP contribution in [0.5, 0.6) is 0 Å². The van der Waals surface area contributed by atoms with E-state index in [4.69, 9.17) is 10.5 Å². The second-order valence-electron chi connectivity index (χ2n) is 5.14. The summed E-state index contributed by atoms with van der Waals surface area (Å²) in [4.78, 5) is 16.3. The number of imidazole rings is 1. The first-order valence-corrected chi connectivity index (χ1v) is 7.16. The van der Waals surface area contributed by atoms with E-state index >= 15 is 0 Å². The zero-order valence-electron chi connectivity index (χ0n) is 13.2. The minimum Gasteiger partial charge on any atom is -0.464 e. The van der Waals surface area contributed by atoms with Gasteiger partial charge in [0.2, 0.25) is 0 Å². The molecule has 0 amide bonds. The number of anilines is 1. The maximum atomic E-state index is 12.1. The quantitative estimate of drug-likeness (QED) is 0.746. The van der Waals surface area contributed by atoms with Gasteiger partial charge in [-0.2, -0.15) is 5.26 Å². The zero-order chi connectivity index (χ0) is 17.3. The summed E-state index contributed by atoms with van der Waals surface area (Å²) >= 11 is 0. The Kier molecular flexibility index (Phi) is 3.80. The van der Waals surface area contributed by atoms with Gasteiger partial charge in [0.15, 0.2) is 5.69 Å². The van der Waals surface area contributed by atoms with E-state index in [-0.39, 0.29) is 16.9 Å². The standard InChI is InChI=1S/C17H15N5O2/c1-11-20-6-7-21(11)13-4-3-5-14(8-13)22-10-12(9-18)15(19)16(22)17(23)24-2/h3-8,10H,19H2,1-2H3. The number of carbonyl (C=O) groups excluding carboxylic acids is 1. The summed E-state index contributed by atoms with van der Waals surface area (Å²) in [5.74, 6) is 0.239. The van der Waals surface area contributed by atoms with Crippen LogP contribution in [0.15, 0.2) is 42.9 Å². The molecule has 2 N–H and O–H groups in total. The summed E-state index contributed by atoms with van der Waals surface area (Å²) in [6.45, 7) is 1.90. The van der Waals surface area contributed by atoms with Crippen LogP contribution >= 0.6 is 0 Å². The van der Waals surface area contributed by atoms with E-state index in [9.17, 15) is 10.1 Å². The normalized spacial score (nSPS) is 10.4. The van der Waals surface area contributed by atoms with E-state index < -0.39 is 5.97 Å². The number of benzene rings is 1. The molecule has 3 aromatic rings. The molecule has 24 heavy (non-hydrogen) atoms. The van der Waals surface area contributed by atoms with Gasteiger partial charge in [-0.1, -0.05) is 6.07 Å². The van der Waals surface area contributed by atoms with Crippen LogP contribution in [0.3, 0.4) is 0 Å². The SMILES string of the molecule is COC(=O)c1c(N)c(C#N)cn1-c1cccc(-n2ccnc2C)c1. The molecule has 0 aliphatic heterocycles. The van der Waals surface area contributed by atoms with Crippen molar-refractivity contribution in [2.75, 3.05) is 12.8 Å². The molecule has 0 atom stereocenters. The monoisotopic (exact) mass is 321 g/mol. The summed E-state index contributed by atoms with van der Waals surface area (Å²) < 4.78 is 8.28. The molecule has 0 saturated carbocycles. The Hall–Kier alpha value is -3.53. The van der Waals surface area contributed by atoms with Crippen molar-refractivity contribution in [2.24, 2.45) is 0 Å². The summed E-state index contributed by atoms with van der Waals surface area (Å²) in [7, 11) is 1.27. The Labute approximate surface area is 138 Å². The number of hydrogen-bond donors (Lipinski definition) is 1. The summed E-state index contributed by atoms with van der Waals surface area (Å²) in [5.41, 5.74) is 7.95. The van der Waals surface area contributed by atoms with Gasteiger partial charge in [-0.15, -0.1) is 0 Å². The molecule has 1 aromatic carbocycles. The number of ether oxygens (including phenoxy) is 1. The highest BCUT2D eigenvalue weighted by Crippen LogP contribution is 2.26. The average Bonchev–Trinajstić information content (AvgIpc) is 3.17. The molecule has 0 bridgehead atoms. The number of esters is 1. The van der Waals surface area contributed by atoms with Gasteiger partial charge in [0, 0.05) is 30.0 Å². The lowest BCUT2D eigenvalue weighted by Crippen LogP contribution is -2.11. The molecular weight excluding hydrogens is 306 g/mol. The molecule has 0 spiro atoms. The number of methoxy groups -OCH3 is 1. The van der Waals surface area contributed by atoms with Crippen molar-refractivity contribution in [1.82, 2.24) is 14.1 Å². The van der Waals surface area contributed by atoms with E-state index in [2.05, 4.69) is 4.98 Å². The summed E-state index contributed by atoms with van der Waals surface area (Å²) in [6, 6.07) is 9.47. The van der Waals surface area contributed by atoms with Crippen LogP contribution < -0.4 is 5.73 Å². The fraction of sp³-hybridized carbons (Fsp3) is 0.118. The van der Waals surface area contributed by atoms with Crippen molar-refractivity contribution in [3.8, 4) is 17.4 Å². The van der Waals surface area contributed by atoms with Crippen LogP contribution in [0.4, 0.5) is 5.69 Å². The van der Waals surface area contributed by atoms with Gasteiger partial charge in [-0.25, -0.2) is 9.78 Å². The van der Waals surface area contributed by atoms with E-state index in [1.54, 1.807) is 10.8 Å². The van der Waals surface area contributed by atoms with Crippen LogP contribution in [-0.2, 0) is 4.74 Å². The van der Waals surface area contributed by atoms with Crippen molar-refractivity contribution in [3.63, 3.8) is 0 Å². The van der Waals surface area contributed by atoms with Crippen LogP contribution in [0.25, 0.3) is 11.4 Å². The molecule has 7 nitrogen and oxygen atoms in total. The van der Waals surface area contributed by atoms with E-state index in [0.717, 1.165) is 11.5 Å². The fourth-order valence-electron chi connectivity index (χ4n) is 2.56. The number of nitriles is 1. The van der Waals surface area contributed by atoms with Gasteiger partial charge < -0.3 is 19.6 Å². The number of nitrogen functional groups attached to an aromatic ring is 1. The topological polar surface area (TPSA) is 98.9 Å². The van der Waals surface area contributed by atoms with E-state index in [1.165, 1.54) is 13.3 Å². The van der Waals surface area contributed by atoms with Gasteiger partial charge in [-0.3, -0.25) is 0 Å². The first-order valence-electron chi connectivity index (χ1n) is 7.16. The maximum Gasteiger partial charge on any atom is 0.357 e. The average molecular weight is 321 g/mol. The number of rotatable bonds is 3. The third-order valence-electron chi connectivity index (χ3n) is 3.76. The smallest absolute Gasteiger partial charge is 0.357 e.